The van der Waals surface area contributed by atoms with Gasteiger partial charge in [-0.15, -0.1) is 0 Å². The first-order chi connectivity index (χ1) is 19.7. The van der Waals surface area contributed by atoms with Gasteiger partial charge in [0.05, 0.1) is 16.7 Å². The lowest BCUT2D eigenvalue weighted by molar-refractivity contribution is -0.127. The van der Waals surface area contributed by atoms with Crippen LogP contribution >= 0.6 is 34.8 Å². The van der Waals surface area contributed by atoms with Crippen LogP contribution in [-0.4, -0.2) is 69.0 Å². The minimum atomic E-state index is -3.90. The van der Waals surface area contributed by atoms with Crippen molar-refractivity contribution in [2.45, 2.75) is 67.8 Å². The number of nitrogens with zero attached hydrogens (tertiary/aromatic N) is 2. The molecule has 3 fully saturated rings. The van der Waals surface area contributed by atoms with Gasteiger partial charge in [0.1, 0.15) is 11.5 Å². The second-order valence-electron chi connectivity index (χ2n) is 11.5. The van der Waals surface area contributed by atoms with Crippen molar-refractivity contribution in [3.8, 4) is 0 Å². The van der Waals surface area contributed by atoms with Gasteiger partial charge in [0, 0.05) is 29.7 Å². The largest absolute Gasteiger partial charge is 0.371 e. The Morgan fingerprint density at radius 2 is 1.61 bits per heavy atom. The first kappa shape index (κ1) is 31.0. The maximum Gasteiger partial charge on any atom is 0.246 e. The van der Waals surface area contributed by atoms with Gasteiger partial charge in [-0.25, -0.2) is 8.42 Å². The zero-order valence-corrected chi connectivity index (χ0v) is 26.2. The molecule has 2 aromatic rings. The van der Waals surface area contributed by atoms with Gasteiger partial charge in [0.2, 0.25) is 15.9 Å². The maximum absolute atomic E-state index is 13.3. The maximum atomic E-state index is 13.3. The van der Waals surface area contributed by atoms with Crippen molar-refractivity contribution in [1.82, 2.24) is 14.5 Å². The van der Waals surface area contributed by atoms with Crippen molar-refractivity contribution in [3.05, 3.63) is 63.1 Å². The highest BCUT2D eigenvalue weighted by molar-refractivity contribution is 7.89. The summed E-state index contributed by atoms with van der Waals surface area (Å²) < 4.78 is 33.8. The Morgan fingerprint density at radius 3 is 2.27 bits per heavy atom. The van der Waals surface area contributed by atoms with E-state index in [2.05, 4.69) is 40.5 Å². The van der Waals surface area contributed by atoms with Crippen molar-refractivity contribution in [2.24, 2.45) is 5.92 Å². The van der Waals surface area contributed by atoms with E-state index in [1.165, 1.54) is 34.8 Å². The van der Waals surface area contributed by atoms with Gasteiger partial charge in [0.25, 0.3) is 0 Å². The van der Waals surface area contributed by atoms with Gasteiger partial charge < -0.3 is 10.1 Å². The number of carbonyl (C=O) groups excluding carboxylic acids is 1. The smallest absolute Gasteiger partial charge is 0.246 e. The lowest BCUT2D eigenvalue weighted by Gasteiger charge is -2.47. The van der Waals surface area contributed by atoms with Gasteiger partial charge in [-0.3, -0.25) is 9.69 Å². The van der Waals surface area contributed by atoms with Gasteiger partial charge >= 0.3 is 0 Å². The average Bonchev–Trinajstić information content (AvgIpc) is 3.49. The molecule has 224 valence electrons. The number of nitrogens with one attached hydrogen (secondary N) is 1. The predicted octanol–water partition coefficient (Wildman–Crippen LogP) is 6.11. The van der Waals surface area contributed by atoms with Crippen LogP contribution in [0.15, 0.2) is 47.4 Å². The predicted molar refractivity (Wildman–Crippen MR) is 163 cm³/mol. The van der Waals surface area contributed by atoms with Crippen LogP contribution in [0.5, 0.6) is 0 Å². The molecule has 0 aromatic heterocycles. The van der Waals surface area contributed by atoms with Gasteiger partial charge in [0.15, 0.2) is 0 Å². The molecule has 3 aliphatic rings. The van der Waals surface area contributed by atoms with Crippen LogP contribution in [0, 0.1) is 5.92 Å². The lowest BCUT2D eigenvalue weighted by atomic mass is 9.73. The van der Waals surface area contributed by atoms with Crippen molar-refractivity contribution < 1.29 is 17.9 Å². The average molecular weight is 643 g/mol. The molecule has 1 aliphatic carbocycles. The second kappa shape index (κ2) is 13.5. The van der Waals surface area contributed by atoms with Crippen LogP contribution in [0.4, 0.5) is 0 Å². The fourth-order valence-electron chi connectivity index (χ4n) is 6.79. The molecule has 1 N–H and O–H groups in total. The molecule has 2 aromatic carbocycles. The third kappa shape index (κ3) is 7.06. The fourth-order valence-corrected chi connectivity index (χ4v) is 9.84. The van der Waals surface area contributed by atoms with E-state index in [4.69, 9.17) is 39.5 Å². The van der Waals surface area contributed by atoms with Crippen LogP contribution in [-0.2, 0) is 25.1 Å². The summed E-state index contributed by atoms with van der Waals surface area (Å²) >= 11 is 18.4. The monoisotopic (exact) mass is 641 g/mol. The Morgan fingerprint density at radius 1 is 0.951 bits per heavy atom. The molecule has 41 heavy (non-hydrogen) atoms. The van der Waals surface area contributed by atoms with Crippen LogP contribution in [0.1, 0.15) is 56.9 Å². The molecule has 1 unspecified atom stereocenters. The number of rotatable bonds is 9. The van der Waals surface area contributed by atoms with Gasteiger partial charge in [-0.2, -0.15) is 4.31 Å². The summed E-state index contributed by atoms with van der Waals surface area (Å²) in [7, 11) is -3.90. The van der Waals surface area contributed by atoms with Crippen molar-refractivity contribution in [3.63, 3.8) is 0 Å². The van der Waals surface area contributed by atoms with Crippen molar-refractivity contribution in [2.75, 3.05) is 39.4 Å². The van der Waals surface area contributed by atoms with Gasteiger partial charge in [-0.05, 0) is 88.1 Å². The molecule has 1 atom stereocenters. The minimum absolute atomic E-state index is 0.00157. The highest BCUT2D eigenvalue weighted by atomic mass is 35.5. The first-order valence-corrected chi connectivity index (χ1v) is 17.1. The van der Waals surface area contributed by atoms with E-state index < -0.39 is 10.0 Å². The Kier molecular flexibility index (Phi) is 10.2. The molecule has 0 spiro atoms. The number of halogens is 3. The van der Waals surface area contributed by atoms with E-state index in [0.29, 0.717) is 19.6 Å². The summed E-state index contributed by atoms with van der Waals surface area (Å²) in [4.78, 5) is 15.3. The normalized spacial score (nSPS) is 26.2. The van der Waals surface area contributed by atoms with Crippen LogP contribution in [0.3, 0.4) is 0 Å². The van der Waals surface area contributed by atoms with E-state index in [-0.39, 0.29) is 56.5 Å². The number of amides is 1. The van der Waals surface area contributed by atoms with Crippen molar-refractivity contribution >= 4 is 50.7 Å². The summed E-state index contributed by atoms with van der Waals surface area (Å²) in [6.07, 6.45) is 7.91. The molecule has 1 amide bonds. The third-order valence-electron chi connectivity index (χ3n) is 8.83. The topological polar surface area (TPSA) is 78.9 Å². The quantitative estimate of drug-likeness (QED) is 0.357. The summed E-state index contributed by atoms with van der Waals surface area (Å²) in [6, 6.07) is 13.7. The number of likely N-dealkylation sites (tertiary alicyclic amines) is 1. The summed E-state index contributed by atoms with van der Waals surface area (Å²) in [5, 5.41) is 3.46. The highest BCUT2D eigenvalue weighted by Gasteiger charge is 2.42. The first-order valence-electron chi connectivity index (χ1n) is 14.5. The molecule has 0 bridgehead atoms. The van der Waals surface area contributed by atoms with Crippen LogP contribution in [0.2, 0.25) is 15.1 Å². The number of hydrogen-bond donors (Lipinski definition) is 1. The highest BCUT2D eigenvalue weighted by Crippen LogP contribution is 2.44. The molecule has 2 saturated heterocycles. The summed E-state index contributed by atoms with van der Waals surface area (Å²) in [6.45, 7) is 3.19. The fraction of sp³-hybridized carbons (Fsp3) is 0.567. The van der Waals surface area contributed by atoms with Crippen LogP contribution in [0.25, 0.3) is 0 Å². The Hall–Kier alpha value is -1.39. The molecule has 1 saturated carbocycles. The number of sulfonamides is 1. The number of carbonyl (C=O) groups is 1. The molecule has 5 rings (SSSR count). The van der Waals surface area contributed by atoms with E-state index in [1.807, 2.05) is 0 Å². The third-order valence-corrected chi connectivity index (χ3v) is 11.8. The Bertz CT molecular complexity index is 1290. The lowest BCUT2D eigenvalue weighted by Crippen LogP contribution is -2.50. The van der Waals surface area contributed by atoms with Gasteiger partial charge in [-0.1, -0.05) is 65.1 Å². The molecular weight excluding hydrogens is 605 g/mol. The molecule has 0 radical (unpaired) electrons. The Labute approximate surface area is 258 Å². The van der Waals surface area contributed by atoms with E-state index in [9.17, 15) is 13.2 Å². The number of benzene rings is 2. The molecule has 7 nitrogen and oxygen atoms in total. The molecule has 2 heterocycles. The molecule has 2 aliphatic heterocycles. The number of ether oxygens (including phenoxy) is 1. The number of piperidine rings is 1. The van der Waals surface area contributed by atoms with E-state index in [1.54, 1.807) is 0 Å². The summed E-state index contributed by atoms with van der Waals surface area (Å²) in [5.74, 6) is -0.152. The zero-order chi connectivity index (χ0) is 29.0. The van der Waals surface area contributed by atoms with E-state index >= 15 is 0 Å². The second-order valence-corrected chi connectivity index (χ2v) is 14.6. The number of hydrogen-bond acceptors (Lipinski definition) is 5. The zero-order valence-electron chi connectivity index (χ0n) is 23.2. The van der Waals surface area contributed by atoms with E-state index in [0.717, 1.165) is 45.2 Å². The minimum Gasteiger partial charge on any atom is -0.371 e. The van der Waals surface area contributed by atoms with Crippen molar-refractivity contribution in [1.29, 1.82) is 0 Å². The standard InChI is InChI=1S/C30H38Cl3N3O4S/c31-24-17-26(32)29(27(33)18-24)41(38,39)36-16-6-7-22(19-36)20-40-21-28(37)34-25-10-12-30(13-11-25,35-14-4-5-15-35)23-8-2-1-3-9-23/h1-3,8-9,17-18,22,25H,4-7,10-16,19-21H2,(H,34,37). The SMILES string of the molecule is O=C(COCC1CCCN(S(=O)(=O)c2c(Cl)cc(Cl)cc2Cl)C1)NC1CCC(c2ccccc2)(N2CCCC2)CC1. The molecular formula is C30H38Cl3N3O4S. The summed E-state index contributed by atoms with van der Waals surface area (Å²) in [5.41, 5.74) is 1.45. The van der Waals surface area contributed by atoms with Crippen LogP contribution < -0.4 is 5.32 Å². The Balaban J connectivity index is 1.10. The molecule has 11 heteroatoms.